The molecule has 0 aromatic rings. The molecule has 3 aliphatic heterocycles. The zero-order chi connectivity index (χ0) is 26.1. The van der Waals surface area contributed by atoms with E-state index in [2.05, 4.69) is 6.58 Å². The zero-order valence-electron chi connectivity index (χ0n) is 20.6. The molecule has 4 aliphatic rings. The number of aliphatic hydroxyl groups is 2. The predicted molar refractivity (Wildman–Crippen MR) is 123 cm³/mol. The molecule has 2 bridgehead atoms. The summed E-state index contributed by atoms with van der Waals surface area (Å²) in [6.07, 6.45) is -2.95. The number of aliphatic hydroxyl groups excluding tert-OH is 1. The van der Waals surface area contributed by atoms with Crippen LogP contribution in [0.1, 0.15) is 53.9 Å². The van der Waals surface area contributed by atoms with Gasteiger partial charge in [0.15, 0.2) is 17.3 Å². The quantitative estimate of drug-likeness (QED) is 0.252. The normalized spacial score (nSPS) is 46.9. The fraction of sp³-hybridized carbons (Fsp3) is 0.720. The topological polar surface area (TPSA) is 129 Å². The maximum Gasteiger partial charge on any atom is 0.341 e. The van der Waals surface area contributed by atoms with Crippen LogP contribution in [0.4, 0.5) is 0 Å². The zero-order valence-corrected chi connectivity index (χ0v) is 21.3. The number of halogens is 1. The van der Waals surface area contributed by atoms with Crippen molar-refractivity contribution in [2.75, 3.05) is 0 Å². The second-order valence-corrected chi connectivity index (χ2v) is 10.9. The van der Waals surface area contributed by atoms with Crippen molar-refractivity contribution in [2.45, 2.75) is 101 Å². The first-order valence-electron chi connectivity index (χ1n) is 11.9. The van der Waals surface area contributed by atoms with Crippen molar-refractivity contribution in [1.82, 2.24) is 0 Å². The molecular formula is C25H33ClO9. The van der Waals surface area contributed by atoms with E-state index in [0.29, 0.717) is 17.6 Å². The highest BCUT2D eigenvalue weighted by Crippen LogP contribution is 2.60. The second-order valence-electron chi connectivity index (χ2n) is 10.4. The number of hydrogen-bond acceptors (Lipinski definition) is 9. The van der Waals surface area contributed by atoms with Gasteiger partial charge in [0.25, 0.3) is 0 Å². The molecular weight excluding hydrogens is 480 g/mol. The second kappa shape index (κ2) is 8.57. The Kier molecular flexibility index (Phi) is 6.40. The summed E-state index contributed by atoms with van der Waals surface area (Å²) in [6, 6.07) is 0. The fourth-order valence-electron chi connectivity index (χ4n) is 6.47. The van der Waals surface area contributed by atoms with Gasteiger partial charge in [0.05, 0.1) is 23.0 Å². The van der Waals surface area contributed by atoms with Crippen LogP contribution in [-0.2, 0) is 33.3 Å². The van der Waals surface area contributed by atoms with Crippen LogP contribution in [0.25, 0.3) is 0 Å². The van der Waals surface area contributed by atoms with Crippen molar-refractivity contribution in [3.8, 4) is 0 Å². The van der Waals surface area contributed by atoms with Crippen molar-refractivity contribution >= 4 is 29.5 Å². The smallest absolute Gasteiger partial charge is 0.341 e. The Morgan fingerprint density at radius 3 is 2.54 bits per heavy atom. The van der Waals surface area contributed by atoms with E-state index in [1.54, 1.807) is 20.8 Å². The third-order valence-electron chi connectivity index (χ3n) is 8.44. The minimum absolute atomic E-state index is 0.0668. The van der Waals surface area contributed by atoms with Crippen LogP contribution in [0, 0.1) is 11.3 Å². The van der Waals surface area contributed by atoms with Gasteiger partial charge in [0, 0.05) is 32.1 Å². The molecule has 2 N–H and O–H groups in total. The summed E-state index contributed by atoms with van der Waals surface area (Å²) in [5, 5.41) is 22.6. The average molecular weight is 513 g/mol. The third-order valence-corrected chi connectivity index (χ3v) is 8.95. The SMILES string of the molecule is C=C1C2C[C@H](OC(=O)CC)[C@@]3(C)[C@@H](OC(C)=O)CC=C(C)[C@@H]3[C@@H](O)[C@@]3(O2)[C@@H](OC(=O)[C@@]3(C)O)[C@H]1Cl. The number of carbonyl (C=O) groups excluding carboxylic acids is 3. The van der Waals surface area contributed by atoms with Crippen molar-refractivity contribution in [3.63, 3.8) is 0 Å². The third kappa shape index (κ3) is 3.49. The molecule has 3 fully saturated rings. The summed E-state index contributed by atoms with van der Waals surface area (Å²) in [5.74, 6) is -2.81. The Labute approximate surface area is 209 Å². The predicted octanol–water partition coefficient (Wildman–Crippen LogP) is 1.95. The molecule has 0 aromatic carbocycles. The van der Waals surface area contributed by atoms with Crippen molar-refractivity contribution in [1.29, 1.82) is 0 Å². The van der Waals surface area contributed by atoms with Crippen molar-refractivity contribution in [2.24, 2.45) is 11.3 Å². The first-order chi connectivity index (χ1) is 16.2. The summed E-state index contributed by atoms with van der Waals surface area (Å²) < 4.78 is 23.5. The lowest BCUT2D eigenvalue weighted by atomic mass is 9.54. The summed E-state index contributed by atoms with van der Waals surface area (Å²) in [5.41, 5.74) is -4.25. The standard InChI is InChI=1S/C25H33ClO9/c1-7-17(28)33-16-10-14-12(3)19(26)21-25(35-14,24(6,31)22(30)34-21)20(29)18-11(2)8-9-15(23(16,18)5)32-13(4)27/h8,14-16,18-21,29,31H,3,7,9-10H2,1-2,4-6H3/t14?,15-,16-,18+,19-,20+,21-,23+,24+,25+/m0/s1. The van der Waals surface area contributed by atoms with Crippen LogP contribution in [0.2, 0.25) is 0 Å². The molecule has 1 spiro atoms. The molecule has 0 radical (unpaired) electrons. The molecule has 3 saturated heterocycles. The van der Waals surface area contributed by atoms with E-state index < -0.39 is 76.3 Å². The molecule has 10 heteroatoms. The number of hydrogen-bond donors (Lipinski definition) is 2. The van der Waals surface area contributed by atoms with Crippen LogP contribution < -0.4 is 0 Å². The van der Waals surface area contributed by atoms with Crippen molar-refractivity contribution < 1.29 is 43.5 Å². The van der Waals surface area contributed by atoms with E-state index in [0.717, 1.165) is 0 Å². The summed E-state index contributed by atoms with van der Waals surface area (Å²) in [6.45, 7) is 11.8. The first kappa shape index (κ1) is 26.1. The van der Waals surface area contributed by atoms with E-state index in [9.17, 15) is 24.6 Å². The lowest BCUT2D eigenvalue weighted by Crippen LogP contribution is -2.75. The highest BCUT2D eigenvalue weighted by Gasteiger charge is 2.77. The monoisotopic (exact) mass is 512 g/mol. The minimum Gasteiger partial charge on any atom is -0.461 e. The van der Waals surface area contributed by atoms with Crippen LogP contribution >= 0.6 is 11.6 Å². The highest BCUT2D eigenvalue weighted by molar-refractivity contribution is 6.23. The van der Waals surface area contributed by atoms with Gasteiger partial charge in [-0.15, -0.1) is 11.6 Å². The van der Waals surface area contributed by atoms with Crippen LogP contribution in [-0.4, -0.2) is 75.2 Å². The Hall–Kier alpha value is -1.94. The molecule has 1 unspecified atom stereocenters. The Bertz CT molecular complexity index is 989. The number of fused-ring (bicyclic) bond motifs is 2. The molecule has 1 aliphatic carbocycles. The Balaban J connectivity index is 1.97. The molecule has 35 heavy (non-hydrogen) atoms. The van der Waals surface area contributed by atoms with Gasteiger partial charge in [0.1, 0.15) is 12.2 Å². The molecule has 9 nitrogen and oxygen atoms in total. The van der Waals surface area contributed by atoms with Gasteiger partial charge in [-0.2, -0.15) is 0 Å². The lowest BCUT2D eigenvalue weighted by molar-refractivity contribution is -0.286. The van der Waals surface area contributed by atoms with Crippen molar-refractivity contribution in [3.05, 3.63) is 23.8 Å². The molecule has 10 atom stereocenters. The number of carbonyl (C=O) groups is 3. The van der Waals surface area contributed by atoms with Gasteiger partial charge in [-0.3, -0.25) is 9.59 Å². The number of ether oxygens (including phenoxy) is 4. The Morgan fingerprint density at radius 2 is 1.94 bits per heavy atom. The molecule has 3 heterocycles. The van der Waals surface area contributed by atoms with E-state index >= 15 is 0 Å². The van der Waals surface area contributed by atoms with Crippen LogP contribution in [0.5, 0.6) is 0 Å². The summed E-state index contributed by atoms with van der Waals surface area (Å²) >= 11 is 6.70. The fourth-order valence-corrected chi connectivity index (χ4v) is 6.85. The Morgan fingerprint density at radius 1 is 1.29 bits per heavy atom. The van der Waals surface area contributed by atoms with Gasteiger partial charge in [-0.05, 0) is 19.4 Å². The van der Waals surface area contributed by atoms with Crippen LogP contribution in [0.3, 0.4) is 0 Å². The van der Waals surface area contributed by atoms with E-state index in [1.165, 1.54) is 13.8 Å². The van der Waals surface area contributed by atoms with Gasteiger partial charge in [-0.25, -0.2) is 4.79 Å². The number of rotatable bonds is 3. The highest BCUT2D eigenvalue weighted by atomic mass is 35.5. The minimum atomic E-state index is -2.24. The summed E-state index contributed by atoms with van der Waals surface area (Å²) in [4.78, 5) is 37.4. The van der Waals surface area contributed by atoms with Gasteiger partial charge in [-0.1, -0.05) is 32.1 Å². The molecule has 0 amide bonds. The molecule has 4 rings (SSSR count). The van der Waals surface area contributed by atoms with E-state index in [4.69, 9.17) is 30.5 Å². The average Bonchev–Trinajstić information content (AvgIpc) is 2.98. The number of alkyl halides is 1. The molecule has 0 saturated carbocycles. The van der Waals surface area contributed by atoms with Gasteiger partial charge < -0.3 is 29.2 Å². The maximum atomic E-state index is 12.8. The first-order valence-corrected chi connectivity index (χ1v) is 12.3. The van der Waals surface area contributed by atoms with E-state index in [-0.39, 0.29) is 12.8 Å². The maximum absolute atomic E-state index is 12.8. The largest absolute Gasteiger partial charge is 0.461 e. The molecule has 194 valence electrons. The van der Waals surface area contributed by atoms with Gasteiger partial charge in [0.2, 0.25) is 0 Å². The van der Waals surface area contributed by atoms with Gasteiger partial charge >= 0.3 is 17.9 Å². The van der Waals surface area contributed by atoms with Crippen LogP contribution in [0.15, 0.2) is 23.8 Å². The lowest BCUT2D eigenvalue weighted by Gasteiger charge is -2.60. The number of esters is 3. The molecule has 0 aromatic heterocycles. The van der Waals surface area contributed by atoms with E-state index in [1.807, 2.05) is 6.08 Å². The summed E-state index contributed by atoms with van der Waals surface area (Å²) in [7, 11) is 0.